The van der Waals surface area contributed by atoms with E-state index in [2.05, 4.69) is 9.97 Å². The molecular formula is C11H8ClN3O3S. The average molecular weight is 298 g/mol. The summed E-state index contributed by atoms with van der Waals surface area (Å²) in [6, 6.07) is 5.72. The highest BCUT2D eigenvalue weighted by Crippen LogP contribution is 2.30. The highest BCUT2D eigenvalue weighted by atomic mass is 35.5. The Kier molecular flexibility index (Phi) is 4.18. The van der Waals surface area contributed by atoms with Crippen molar-refractivity contribution >= 4 is 29.1 Å². The Morgan fingerprint density at radius 2 is 2.21 bits per heavy atom. The second kappa shape index (κ2) is 5.85. The minimum atomic E-state index is -0.553. The minimum absolute atomic E-state index is 0.0154. The molecule has 2 aromatic rings. The Hall–Kier alpha value is -1.86. The second-order valence-corrected chi connectivity index (χ2v) is 4.53. The van der Waals surface area contributed by atoms with E-state index in [-0.39, 0.29) is 10.7 Å². The first kappa shape index (κ1) is 13.6. The molecule has 0 saturated heterocycles. The normalized spacial score (nSPS) is 10.2. The molecule has 0 aliphatic carbocycles. The third-order valence-electron chi connectivity index (χ3n) is 2.13. The maximum atomic E-state index is 10.6. The van der Waals surface area contributed by atoms with Crippen molar-refractivity contribution < 1.29 is 9.66 Å². The number of nitro groups is 1. The van der Waals surface area contributed by atoms with Crippen LogP contribution in [0.5, 0.6) is 11.6 Å². The average Bonchev–Trinajstić information content (AvgIpc) is 2.38. The fourth-order valence-corrected chi connectivity index (χ4v) is 1.89. The van der Waals surface area contributed by atoms with Gasteiger partial charge in [-0.1, -0.05) is 23.4 Å². The molecule has 0 spiro atoms. The molecule has 0 radical (unpaired) electrons. The molecule has 0 N–H and O–H groups in total. The summed E-state index contributed by atoms with van der Waals surface area (Å²) in [6.07, 6.45) is 3.42. The van der Waals surface area contributed by atoms with Crippen LogP contribution in [0, 0.1) is 10.1 Å². The predicted molar refractivity (Wildman–Crippen MR) is 72.0 cm³/mol. The third kappa shape index (κ3) is 3.33. The topological polar surface area (TPSA) is 78.2 Å². The first-order chi connectivity index (χ1) is 9.10. The van der Waals surface area contributed by atoms with Crippen molar-refractivity contribution in [3.05, 3.63) is 45.6 Å². The quantitative estimate of drug-likeness (QED) is 0.372. The summed E-state index contributed by atoms with van der Waals surface area (Å²) in [6.45, 7) is 0. The van der Waals surface area contributed by atoms with Crippen LogP contribution >= 0.6 is 23.4 Å². The van der Waals surface area contributed by atoms with E-state index in [1.165, 1.54) is 30.0 Å². The number of thioether (sulfide) groups is 1. The number of ether oxygens (including phenoxy) is 1. The standard InChI is InChI=1S/C11H8ClN3O3S/c1-19-11-13-5-4-10(14-11)18-7-2-3-9(15(16)17)8(12)6-7/h2-6H,1H3. The number of benzene rings is 1. The first-order valence-corrected chi connectivity index (χ1v) is 6.69. The van der Waals surface area contributed by atoms with Gasteiger partial charge in [0.1, 0.15) is 10.8 Å². The Morgan fingerprint density at radius 1 is 1.42 bits per heavy atom. The first-order valence-electron chi connectivity index (χ1n) is 5.09. The van der Waals surface area contributed by atoms with Crippen LogP contribution in [0.15, 0.2) is 35.6 Å². The van der Waals surface area contributed by atoms with Crippen molar-refractivity contribution in [3.63, 3.8) is 0 Å². The lowest BCUT2D eigenvalue weighted by Gasteiger charge is -2.05. The van der Waals surface area contributed by atoms with Crippen molar-refractivity contribution in [1.29, 1.82) is 0 Å². The van der Waals surface area contributed by atoms with Gasteiger partial charge in [-0.3, -0.25) is 10.1 Å². The molecule has 1 aromatic carbocycles. The highest BCUT2D eigenvalue weighted by molar-refractivity contribution is 7.98. The van der Waals surface area contributed by atoms with Gasteiger partial charge in [0.15, 0.2) is 5.16 Å². The lowest BCUT2D eigenvalue weighted by Crippen LogP contribution is -1.93. The molecule has 1 heterocycles. The van der Waals surface area contributed by atoms with Crippen molar-refractivity contribution in [2.45, 2.75) is 5.16 Å². The van der Waals surface area contributed by atoms with Crippen molar-refractivity contribution in [2.24, 2.45) is 0 Å². The number of aromatic nitrogens is 2. The predicted octanol–water partition coefficient (Wildman–Crippen LogP) is 3.55. The van der Waals surface area contributed by atoms with E-state index in [9.17, 15) is 10.1 Å². The summed E-state index contributed by atoms with van der Waals surface area (Å²) in [5.41, 5.74) is -0.165. The van der Waals surface area contributed by atoms with E-state index in [1.54, 1.807) is 12.3 Å². The third-order valence-corrected chi connectivity index (χ3v) is 2.99. The molecule has 0 bridgehead atoms. The lowest BCUT2D eigenvalue weighted by atomic mass is 10.3. The van der Waals surface area contributed by atoms with E-state index in [0.29, 0.717) is 16.8 Å². The summed E-state index contributed by atoms with van der Waals surface area (Å²) < 4.78 is 5.46. The van der Waals surface area contributed by atoms with Gasteiger partial charge >= 0.3 is 0 Å². The van der Waals surface area contributed by atoms with Gasteiger partial charge in [0.2, 0.25) is 5.88 Å². The number of hydrogen-bond donors (Lipinski definition) is 0. The molecule has 2 rings (SSSR count). The molecule has 0 atom stereocenters. The van der Waals surface area contributed by atoms with Gasteiger partial charge in [-0.15, -0.1) is 0 Å². The van der Waals surface area contributed by atoms with Crippen molar-refractivity contribution in [3.8, 4) is 11.6 Å². The van der Waals surface area contributed by atoms with Gasteiger partial charge in [0.05, 0.1) is 4.92 Å². The number of nitrogens with zero attached hydrogens (tertiary/aromatic N) is 3. The van der Waals surface area contributed by atoms with Crippen LogP contribution in [0.25, 0.3) is 0 Å². The van der Waals surface area contributed by atoms with Crippen LogP contribution in [0.2, 0.25) is 5.02 Å². The van der Waals surface area contributed by atoms with E-state index >= 15 is 0 Å². The Labute approximate surface area is 117 Å². The molecule has 0 unspecified atom stereocenters. The summed E-state index contributed by atoms with van der Waals surface area (Å²) in [5.74, 6) is 0.727. The van der Waals surface area contributed by atoms with Crippen molar-refractivity contribution in [1.82, 2.24) is 9.97 Å². The Balaban J connectivity index is 2.23. The van der Waals surface area contributed by atoms with Gasteiger partial charge in [0.25, 0.3) is 5.69 Å². The highest BCUT2D eigenvalue weighted by Gasteiger charge is 2.13. The fourth-order valence-electron chi connectivity index (χ4n) is 1.30. The zero-order valence-corrected chi connectivity index (χ0v) is 11.3. The van der Waals surface area contributed by atoms with Crippen LogP contribution in [-0.2, 0) is 0 Å². The van der Waals surface area contributed by atoms with Gasteiger partial charge in [-0.25, -0.2) is 4.98 Å². The lowest BCUT2D eigenvalue weighted by molar-refractivity contribution is -0.384. The molecule has 8 heteroatoms. The Morgan fingerprint density at radius 3 is 2.84 bits per heavy atom. The van der Waals surface area contributed by atoms with E-state index in [1.807, 2.05) is 6.26 Å². The molecule has 98 valence electrons. The van der Waals surface area contributed by atoms with Crippen molar-refractivity contribution in [2.75, 3.05) is 6.26 Å². The van der Waals surface area contributed by atoms with Crippen LogP contribution in [-0.4, -0.2) is 21.1 Å². The van der Waals surface area contributed by atoms with Gasteiger partial charge < -0.3 is 4.74 Å². The summed E-state index contributed by atoms with van der Waals surface area (Å²) in [5, 5.41) is 11.2. The monoisotopic (exact) mass is 297 g/mol. The molecule has 1 aromatic heterocycles. The van der Waals surface area contributed by atoms with Gasteiger partial charge in [-0.05, 0) is 12.3 Å². The zero-order chi connectivity index (χ0) is 13.8. The number of rotatable bonds is 4. The second-order valence-electron chi connectivity index (χ2n) is 3.35. The maximum Gasteiger partial charge on any atom is 0.288 e. The summed E-state index contributed by atoms with van der Waals surface area (Å²) >= 11 is 7.18. The largest absolute Gasteiger partial charge is 0.439 e. The summed E-state index contributed by atoms with van der Waals surface area (Å²) in [7, 11) is 0. The Bertz CT molecular complexity index is 624. The molecule has 0 fully saturated rings. The molecule has 0 aliphatic rings. The van der Waals surface area contributed by atoms with Gasteiger partial charge in [0, 0.05) is 24.4 Å². The maximum absolute atomic E-state index is 10.6. The van der Waals surface area contributed by atoms with Crippen LogP contribution in [0.4, 0.5) is 5.69 Å². The number of hydrogen-bond acceptors (Lipinski definition) is 6. The van der Waals surface area contributed by atoms with E-state index in [0.717, 1.165) is 0 Å². The van der Waals surface area contributed by atoms with Crippen LogP contribution in [0.3, 0.4) is 0 Å². The number of nitro benzene ring substituents is 1. The van der Waals surface area contributed by atoms with E-state index in [4.69, 9.17) is 16.3 Å². The van der Waals surface area contributed by atoms with Crippen LogP contribution in [0.1, 0.15) is 0 Å². The van der Waals surface area contributed by atoms with Crippen LogP contribution < -0.4 is 4.74 Å². The zero-order valence-electron chi connectivity index (χ0n) is 9.74. The molecule has 19 heavy (non-hydrogen) atoms. The molecule has 0 aliphatic heterocycles. The molecular weight excluding hydrogens is 290 g/mol. The molecule has 0 amide bonds. The molecule has 6 nitrogen and oxygen atoms in total. The SMILES string of the molecule is CSc1nccc(Oc2ccc([N+](=O)[O-])c(Cl)c2)n1. The minimum Gasteiger partial charge on any atom is -0.439 e. The molecule has 0 saturated carbocycles. The fraction of sp³-hybridized carbons (Fsp3) is 0.0909. The van der Waals surface area contributed by atoms with Gasteiger partial charge in [-0.2, -0.15) is 4.98 Å². The van der Waals surface area contributed by atoms with E-state index < -0.39 is 4.92 Å². The summed E-state index contributed by atoms with van der Waals surface area (Å²) in [4.78, 5) is 18.2. The number of halogens is 1. The smallest absolute Gasteiger partial charge is 0.288 e.